The maximum Gasteiger partial charge on any atom is 0.268 e. The molecule has 1 atom stereocenters. The predicted molar refractivity (Wildman–Crippen MR) is 116 cm³/mol. The summed E-state index contributed by atoms with van der Waals surface area (Å²) < 4.78 is 34.1. The molecule has 2 heterocycles. The highest BCUT2D eigenvalue weighted by Gasteiger charge is 2.59. The third-order valence-electron chi connectivity index (χ3n) is 5.66. The van der Waals surface area contributed by atoms with Gasteiger partial charge in [0.25, 0.3) is 5.91 Å². The molecular formula is C23H24F2N2O3S. The Hall–Kier alpha value is -2.61. The van der Waals surface area contributed by atoms with Crippen LogP contribution in [0.3, 0.4) is 0 Å². The number of anilines is 1. The number of carbonyl (C=O) groups excluding carboxylic acids is 2. The van der Waals surface area contributed by atoms with Crippen molar-refractivity contribution in [3.63, 3.8) is 0 Å². The molecule has 1 unspecified atom stereocenters. The van der Waals surface area contributed by atoms with Gasteiger partial charge in [0.1, 0.15) is 17.4 Å². The minimum atomic E-state index is -1.25. The molecule has 0 aliphatic carbocycles. The van der Waals surface area contributed by atoms with E-state index in [2.05, 4.69) is 0 Å². The van der Waals surface area contributed by atoms with Crippen LogP contribution >= 0.6 is 11.8 Å². The molecule has 0 radical (unpaired) electrons. The van der Waals surface area contributed by atoms with Crippen LogP contribution in [0.15, 0.2) is 36.4 Å². The number of halogens is 2. The van der Waals surface area contributed by atoms with Crippen LogP contribution in [0.4, 0.5) is 14.5 Å². The largest absolute Gasteiger partial charge is 0.497 e. The van der Waals surface area contributed by atoms with E-state index < -0.39 is 16.5 Å². The molecule has 1 saturated heterocycles. The fourth-order valence-corrected chi connectivity index (χ4v) is 5.71. The second-order valence-electron chi connectivity index (χ2n) is 8.11. The number of methoxy groups -OCH3 is 1. The Balaban J connectivity index is 1.83. The van der Waals surface area contributed by atoms with Crippen molar-refractivity contribution in [2.45, 2.75) is 31.7 Å². The second-order valence-corrected chi connectivity index (χ2v) is 9.40. The van der Waals surface area contributed by atoms with Gasteiger partial charge in [-0.05, 0) is 36.2 Å². The van der Waals surface area contributed by atoms with Gasteiger partial charge in [0, 0.05) is 29.8 Å². The zero-order valence-electron chi connectivity index (χ0n) is 17.7. The normalized spacial score (nSPS) is 20.1. The molecule has 0 bridgehead atoms. The standard InChI is InChI=1S/C23H24F2N2O3S/c1-14(2)11-21(28)27-9-10-31-23(27)17-12-15(30-3)7-8-20(17)26(22(23)29)13-16-18(24)5-4-6-19(16)25/h4-8,12,14H,9-11,13H2,1-3H3. The molecule has 2 amide bonds. The Morgan fingerprint density at radius 3 is 2.58 bits per heavy atom. The summed E-state index contributed by atoms with van der Waals surface area (Å²) in [6.45, 7) is 4.08. The zero-order valence-corrected chi connectivity index (χ0v) is 18.5. The molecule has 0 saturated carbocycles. The number of fused-ring (bicyclic) bond motifs is 2. The van der Waals surface area contributed by atoms with Gasteiger partial charge < -0.3 is 14.5 Å². The number of carbonyl (C=O) groups is 2. The summed E-state index contributed by atoms with van der Waals surface area (Å²) in [5.41, 5.74) is 0.969. The van der Waals surface area contributed by atoms with Crippen LogP contribution in [0.2, 0.25) is 0 Å². The smallest absolute Gasteiger partial charge is 0.268 e. The van der Waals surface area contributed by atoms with Crippen LogP contribution in [-0.4, -0.2) is 36.1 Å². The molecular weight excluding hydrogens is 422 g/mol. The fourth-order valence-electron chi connectivity index (χ4n) is 4.24. The third-order valence-corrected chi connectivity index (χ3v) is 7.08. The van der Waals surface area contributed by atoms with E-state index in [-0.39, 0.29) is 29.8 Å². The van der Waals surface area contributed by atoms with Crippen LogP contribution in [0.25, 0.3) is 0 Å². The van der Waals surface area contributed by atoms with E-state index in [1.165, 1.54) is 42.0 Å². The minimum absolute atomic E-state index is 0.110. The number of thioether (sulfide) groups is 1. The van der Waals surface area contributed by atoms with E-state index in [1.54, 1.807) is 23.1 Å². The molecule has 2 aromatic carbocycles. The number of nitrogens with zero attached hydrogens (tertiary/aromatic N) is 2. The van der Waals surface area contributed by atoms with Gasteiger partial charge in [0.2, 0.25) is 5.91 Å². The zero-order chi connectivity index (χ0) is 22.3. The Morgan fingerprint density at radius 1 is 1.23 bits per heavy atom. The lowest BCUT2D eigenvalue weighted by Gasteiger charge is -2.33. The number of hydrogen-bond donors (Lipinski definition) is 0. The van der Waals surface area contributed by atoms with E-state index in [1.807, 2.05) is 13.8 Å². The van der Waals surface area contributed by atoms with Gasteiger partial charge in [-0.15, -0.1) is 11.8 Å². The molecule has 2 aromatic rings. The average Bonchev–Trinajstić information content (AvgIpc) is 3.27. The quantitative estimate of drug-likeness (QED) is 0.688. The van der Waals surface area contributed by atoms with Gasteiger partial charge in [-0.25, -0.2) is 8.78 Å². The first-order valence-electron chi connectivity index (χ1n) is 10.2. The van der Waals surface area contributed by atoms with Gasteiger partial charge >= 0.3 is 0 Å². The minimum Gasteiger partial charge on any atom is -0.497 e. The summed E-state index contributed by atoms with van der Waals surface area (Å²) in [4.78, 5) is 28.7. The lowest BCUT2D eigenvalue weighted by Crippen LogP contribution is -2.50. The molecule has 2 aliphatic rings. The molecule has 0 N–H and O–H groups in total. The van der Waals surface area contributed by atoms with Gasteiger partial charge in [-0.2, -0.15) is 0 Å². The molecule has 8 heteroatoms. The first-order chi connectivity index (χ1) is 14.8. The molecule has 31 heavy (non-hydrogen) atoms. The summed E-state index contributed by atoms with van der Waals surface area (Å²) >= 11 is 1.38. The van der Waals surface area contributed by atoms with Crippen molar-refractivity contribution in [1.29, 1.82) is 0 Å². The third kappa shape index (κ3) is 3.46. The average molecular weight is 447 g/mol. The van der Waals surface area contributed by atoms with Crippen molar-refractivity contribution < 1.29 is 23.1 Å². The first-order valence-corrected chi connectivity index (χ1v) is 11.2. The molecule has 164 valence electrons. The number of benzene rings is 2. The van der Waals surface area contributed by atoms with Crippen molar-refractivity contribution in [3.8, 4) is 5.75 Å². The number of ether oxygens (including phenoxy) is 1. The van der Waals surface area contributed by atoms with Crippen LogP contribution in [0, 0.1) is 17.6 Å². The molecule has 5 nitrogen and oxygen atoms in total. The Kier molecular flexibility index (Phi) is 5.68. The molecule has 0 aromatic heterocycles. The van der Waals surface area contributed by atoms with E-state index in [9.17, 15) is 18.4 Å². The van der Waals surface area contributed by atoms with E-state index in [0.717, 1.165) is 0 Å². The highest BCUT2D eigenvalue weighted by atomic mass is 32.2. The number of hydrogen-bond acceptors (Lipinski definition) is 4. The highest BCUT2D eigenvalue weighted by molar-refractivity contribution is 8.01. The maximum absolute atomic E-state index is 14.4. The molecule has 2 aliphatic heterocycles. The molecule has 4 rings (SSSR count). The van der Waals surface area contributed by atoms with Crippen LogP contribution in [0.1, 0.15) is 31.4 Å². The van der Waals surface area contributed by atoms with Crippen molar-refractivity contribution in [2.75, 3.05) is 24.3 Å². The summed E-state index contributed by atoms with van der Waals surface area (Å²) in [6.07, 6.45) is 0.316. The molecule has 1 spiro atoms. The Morgan fingerprint density at radius 2 is 1.94 bits per heavy atom. The van der Waals surface area contributed by atoms with Gasteiger partial charge in [0.15, 0.2) is 4.87 Å². The van der Waals surface area contributed by atoms with Gasteiger partial charge in [-0.1, -0.05) is 19.9 Å². The Labute approximate surface area is 184 Å². The lowest BCUT2D eigenvalue weighted by molar-refractivity contribution is -0.140. The van der Waals surface area contributed by atoms with Crippen molar-refractivity contribution >= 4 is 29.3 Å². The Bertz CT molecular complexity index is 1030. The van der Waals surface area contributed by atoms with Gasteiger partial charge in [-0.3, -0.25) is 9.59 Å². The topological polar surface area (TPSA) is 49.9 Å². The van der Waals surface area contributed by atoms with Crippen LogP contribution in [0.5, 0.6) is 5.75 Å². The van der Waals surface area contributed by atoms with Gasteiger partial charge in [0.05, 0.1) is 19.3 Å². The van der Waals surface area contributed by atoms with E-state index in [0.29, 0.717) is 35.7 Å². The first kappa shape index (κ1) is 21.6. The van der Waals surface area contributed by atoms with Crippen molar-refractivity contribution in [2.24, 2.45) is 5.92 Å². The van der Waals surface area contributed by atoms with Crippen LogP contribution in [-0.2, 0) is 21.0 Å². The predicted octanol–water partition coefficient (Wildman–Crippen LogP) is 4.29. The summed E-state index contributed by atoms with van der Waals surface area (Å²) in [5.74, 6) is -0.618. The summed E-state index contributed by atoms with van der Waals surface area (Å²) in [6, 6.07) is 8.80. The number of amides is 2. The van der Waals surface area contributed by atoms with Crippen molar-refractivity contribution in [3.05, 3.63) is 59.2 Å². The van der Waals surface area contributed by atoms with E-state index >= 15 is 0 Å². The highest BCUT2D eigenvalue weighted by Crippen LogP contribution is 2.55. The monoisotopic (exact) mass is 446 g/mol. The lowest BCUT2D eigenvalue weighted by atomic mass is 10.0. The molecule has 1 fully saturated rings. The SMILES string of the molecule is COc1ccc2c(c1)C1(SCCN1C(=O)CC(C)C)C(=O)N2Cc1c(F)cccc1F. The second kappa shape index (κ2) is 8.15. The summed E-state index contributed by atoms with van der Waals surface area (Å²) in [7, 11) is 1.53. The van der Waals surface area contributed by atoms with E-state index in [4.69, 9.17) is 4.74 Å². The fraction of sp³-hybridized carbons (Fsp3) is 0.391. The van der Waals surface area contributed by atoms with Crippen molar-refractivity contribution in [1.82, 2.24) is 4.90 Å². The number of rotatable bonds is 5. The van der Waals surface area contributed by atoms with Crippen LogP contribution < -0.4 is 9.64 Å². The maximum atomic E-state index is 14.4. The summed E-state index contributed by atoms with van der Waals surface area (Å²) in [5, 5.41) is 0.